The van der Waals surface area contributed by atoms with Crippen LogP contribution in [0.1, 0.15) is 10.4 Å². The van der Waals surface area contributed by atoms with Crippen LogP contribution in [0.2, 0.25) is 0 Å². The number of aromatic nitrogens is 1. The van der Waals surface area contributed by atoms with Crippen molar-refractivity contribution >= 4 is 17.3 Å². The minimum atomic E-state index is -0.610. The molecular weight excluding hydrogens is 250 g/mol. The van der Waals surface area contributed by atoms with Gasteiger partial charge in [-0.05, 0) is 18.2 Å². The highest BCUT2D eigenvalue weighted by molar-refractivity contribution is 6.05. The van der Waals surface area contributed by atoms with E-state index in [0.717, 1.165) is 18.2 Å². The maximum atomic E-state index is 11.8. The Morgan fingerprint density at radius 3 is 2.58 bits per heavy atom. The summed E-state index contributed by atoms with van der Waals surface area (Å²) in [5, 5.41) is 22.6. The number of nitrogens with zero attached hydrogens (tertiary/aromatic N) is 2. The summed E-state index contributed by atoms with van der Waals surface area (Å²) >= 11 is 0. The van der Waals surface area contributed by atoms with Gasteiger partial charge >= 0.3 is 0 Å². The normalized spacial score (nSPS) is 9.89. The first-order valence-corrected chi connectivity index (χ1v) is 5.26. The van der Waals surface area contributed by atoms with Crippen molar-refractivity contribution in [1.82, 2.24) is 4.98 Å². The van der Waals surface area contributed by atoms with E-state index in [4.69, 9.17) is 0 Å². The molecule has 0 spiro atoms. The van der Waals surface area contributed by atoms with Gasteiger partial charge in [0, 0.05) is 30.1 Å². The van der Waals surface area contributed by atoms with Gasteiger partial charge in [0.05, 0.1) is 10.6 Å². The second kappa shape index (κ2) is 5.13. The van der Waals surface area contributed by atoms with Crippen molar-refractivity contribution in [3.05, 3.63) is 58.4 Å². The van der Waals surface area contributed by atoms with Crippen molar-refractivity contribution in [2.75, 3.05) is 5.32 Å². The van der Waals surface area contributed by atoms with Gasteiger partial charge in [-0.1, -0.05) is 0 Å². The number of nitro groups is 1. The molecule has 2 aromatic rings. The van der Waals surface area contributed by atoms with Crippen LogP contribution in [-0.2, 0) is 0 Å². The van der Waals surface area contributed by atoms with Crippen LogP contribution in [0.3, 0.4) is 0 Å². The third-order valence-electron chi connectivity index (χ3n) is 2.38. The van der Waals surface area contributed by atoms with Crippen LogP contribution in [-0.4, -0.2) is 20.9 Å². The number of hydrogen-bond donors (Lipinski definition) is 2. The highest BCUT2D eigenvalue weighted by Gasteiger charge is 2.13. The lowest BCUT2D eigenvalue weighted by Gasteiger charge is -2.06. The molecule has 0 aliphatic rings. The molecule has 7 nitrogen and oxygen atoms in total. The zero-order valence-electron chi connectivity index (χ0n) is 9.61. The Balaban J connectivity index is 2.26. The maximum absolute atomic E-state index is 11.8. The van der Waals surface area contributed by atoms with Crippen LogP contribution in [0.5, 0.6) is 5.75 Å². The first-order valence-electron chi connectivity index (χ1n) is 5.26. The first-order chi connectivity index (χ1) is 9.08. The summed E-state index contributed by atoms with van der Waals surface area (Å²) in [4.78, 5) is 25.6. The highest BCUT2D eigenvalue weighted by atomic mass is 16.6. The first kappa shape index (κ1) is 12.5. The number of carbonyl (C=O) groups excluding carboxylic acids is 1. The minimum Gasteiger partial charge on any atom is -0.506 e. The quantitative estimate of drug-likeness (QED) is 0.498. The van der Waals surface area contributed by atoms with E-state index in [1.807, 2.05) is 0 Å². The van der Waals surface area contributed by atoms with E-state index in [9.17, 15) is 20.0 Å². The number of aromatic hydroxyl groups is 1. The molecule has 1 amide bonds. The van der Waals surface area contributed by atoms with Gasteiger partial charge in [0.25, 0.3) is 11.6 Å². The number of pyridine rings is 1. The molecule has 0 saturated heterocycles. The van der Waals surface area contributed by atoms with Crippen molar-refractivity contribution in [2.24, 2.45) is 0 Å². The fourth-order valence-corrected chi connectivity index (χ4v) is 1.44. The summed E-state index contributed by atoms with van der Waals surface area (Å²) in [6.45, 7) is 0. The van der Waals surface area contributed by atoms with Gasteiger partial charge in [-0.3, -0.25) is 19.9 Å². The maximum Gasteiger partial charge on any atom is 0.271 e. The molecule has 0 fully saturated rings. The lowest BCUT2D eigenvalue weighted by atomic mass is 10.2. The monoisotopic (exact) mass is 259 g/mol. The highest BCUT2D eigenvalue weighted by Crippen LogP contribution is 2.28. The second-order valence-corrected chi connectivity index (χ2v) is 3.65. The summed E-state index contributed by atoms with van der Waals surface area (Å²) in [6, 6.07) is 6.37. The average molecular weight is 259 g/mol. The fraction of sp³-hybridized carbons (Fsp3) is 0. The predicted molar refractivity (Wildman–Crippen MR) is 67.0 cm³/mol. The summed E-state index contributed by atoms with van der Waals surface area (Å²) < 4.78 is 0. The summed E-state index contributed by atoms with van der Waals surface area (Å²) in [7, 11) is 0. The Hall–Kier alpha value is -2.96. The van der Waals surface area contributed by atoms with E-state index in [0.29, 0.717) is 5.56 Å². The molecule has 0 aliphatic heterocycles. The molecule has 0 bridgehead atoms. The number of hydrogen-bond acceptors (Lipinski definition) is 5. The van der Waals surface area contributed by atoms with E-state index in [1.165, 1.54) is 24.5 Å². The third kappa shape index (κ3) is 2.83. The van der Waals surface area contributed by atoms with Crippen LogP contribution < -0.4 is 5.32 Å². The Bertz CT molecular complexity index is 628. The number of benzene rings is 1. The number of anilines is 1. The van der Waals surface area contributed by atoms with Crippen molar-refractivity contribution in [3.8, 4) is 5.75 Å². The van der Waals surface area contributed by atoms with Gasteiger partial charge in [0.1, 0.15) is 5.75 Å². The smallest absolute Gasteiger partial charge is 0.271 e. The third-order valence-corrected chi connectivity index (χ3v) is 2.38. The molecule has 19 heavy (non-hydrogen) atoms. The van der Waals surface area contributed by atoms with E-state index in [1.54, 1.807) is 0 Å². The molecular formula is C12H9N3O4. The van der Waals surface area contributed by atoms with Gasteiger partial charge < -0.3 is 10.4 Å². The molecule has 1 heterocycles. The summed E-state index contributed by atoms with van der Waals surface area (Å²) in [5.41, 5.74) is 0.0970. The van der Waals surface area contributed by atoms with Crippen LogP contribution in [0.4, 0.5) is 11.4 Å². The van der Waals surface area contributed by atoms with E-state index in [2.05, 4.69) is 10.3 Å². The average Bonchev–Trinajstić information content (AvgIpc) is 2.42. The molecule has 0 saturated carbocycles. The van der Waals surface area contributed by atoms with Gasteiger partial charge in [0.15, 0.2) is 0 Å². The topological polar surface area (TPSA) is 105 Å². The lowest BCUT2D eigenvalue weighted by molar-refractivity contribution is -0.384. The van der Waals surface area contributed by atoms with Gasteiger partial charge in [-0.15, -0.1) is 0 Å². The molecule has 0 radical (unpaired) electrons. The van der Waals surface area contributed by atoms with Gasteiger partial charge in [-0.2, -0.15) is 0 Å². The number of phenols is 1. The van der Waals surface area contributed by atoms with Crippen molar-refractivity contribution < 1.29 is 14.8 Å². The van der Waals surface area contributed by atoms with E-state index < -0.39 is 10.8 Å². The molecule has 1 aromatic heterocycles. The number of carbonyl (C=O) groups is 1. The van der Waals surface area contributed by atoms with Crippen LogP contribution in [0.15, 0.2) is 42.7 Å². The molecule has 0 atom stereocenters. The minimum absolute atomic E-state index is 0.0176. The van der Waals surface area contributed by atoms with Crippen molar-refractivity contribution in [3.63, 3.8) is 0 Å². The second-order valence-electron chi connectivity index (χ2n) is 3.65. The lowest BCUT2D eigenvalue weighted by Crippen LogP contribution is -2.12. The van der Waals surface area contributed by atoms with Crippen LogP contribution in [0, 0.1) is 10.1 Å². The Morgan fingerprint density at radius 1 is 1.26 bits per heavy atom. The largest absolute Gasteiger partial charge is 0.506 e. The number of nitro benzene ring substituents is 1. The van der Waals surface area contributed by atoms with Crippen LogP contribution in [0.25, 0.3) is 0 Å². The Labute approximate surface area is 107 Å². The number of non-ortho nitro benzene ring substituents is 1. The Morgan fingerprint density at radius 2 is 1.95 bits per heavy atom. The number of amides is 1. The summed E-state index contributed by atoms with van der Waals surface area (Å²) in [6.07, 6.45) is 2.89. The number of phenolic OH excluding ortho intramolecular Hbond substituents is 1. The SMILES string of the molecule is O=C(Nc1cc([N+](=O)[O-])ccc1O)c1ccncc1. The molecule has 2 rings (SSSR count). The Kier molecular flexibility index (Phi) is 3.37. The molecule has 96 valence electrons. The molecule has 2 N–H and O–H groups in total. The van der Waals surface area contributed by atoms with E-state index in [-0.39, 0.29) is 17.1 Å². The van der Waals surface area contributed by atoms with Crippen molar-refractivity contribution in [1.29, 1.82) is 0 Å². The standard InChI is InChI=1S/C12H9N3O4/c16-11-2-1-9(15(18)19)7-10(11)14-12(17)8-3-5-13-6-4-8/h1-7,16H,(H,14,17). The molecule has 1 aromatic carbocycles. The number of rotatable bonds is 3. The molecule has 0 aliphatic carbocycles. The van der Waals surface area contributed by atoms with Gasteiger partial charge in [0.2, 0.25) is 0 Å². The van der Waals surface area contributed by atoms with Gasteiger partial charge in [-0.25, -0.2) is 0 Å². The zero-order valence-corrected chi connectivity index (χ0v) is 9.61. The molecule has 0 unspecified atom stereocenters. The fourth-order valence-electron chi connectivity index (χ4n) is 1.44. The van der Waals surface area contributed by atoms with Crippen molar-refractivity contribution in [2.45, 2.75) is 0 Å². The zero-order chi connectivity index (χ0) is 13.8. The predicted octanol–water partition coefficient (Wildman–Crippen LogP) is 1.95. The summed E-state index contributed by atoms with van der Waals surface area (Å²) in [5.74, 6) is -0.730. The number of nitrogens with one attached hydrogen (secondary N) is 1. The molecule has 7 heteroatoms. The van der Waals surface area contributed by atoms with E-state index >= 15 is 0 Å². The van der Waals surface area contributed by atoms with Crippen LogP contribution >= 0.6 is 0 Å².